The minimum atomic E-state index is -6.17. The van der Waals surface area contributed by atoms with E-state index < -0.39 is 47.3 Å². The van der Waals surface area contributed by atoms with Crippen LogP contribution in [-0.4, -0.2) is 22.2 Å². The van der Waals surface area contributed by atoms with E-state index in [-0.39, 0.29) is 6.07 Å². The predicted octanol–water partition coefficient (Wildman–Crippen LogP) is 3.45. The Morgan fingerprint density at radius 3 is 1.85 bits per heavy atom. The largest absolute Gasteiger partial charge is 0.477 e. The van der Waals surface area contributed by atoms with Gasteiger partial charge in [0, 0.05) is 5.56 Å². The van der Waals surface area contributed by atoms with E-state index >= 15 is 0 Å². The van der Waals surface area contributed by atoms with E-state index in [9.17, 15) is 39.9 Å². The van der Waals surface area contributed by atoms with Gasteiger partial charge in [-0.3, -0.25) is 0 Å². The molecule has 0 spiro atoms. The number of carboxylic acid groups (broad SMARTS) is 1. The van der Waals surface area contributed by atoms with Crippen molar-refractivity contribution in [2.24, 2.45) is 0 Å². The molecular weight excluding hydrogens is 306 g/mol. The molecule has 20 heavy (non-hydrogen) atoms. The second-order valence-electron chi connectivity index (χ2n) is 3.50. The third-order valence-corrected chi connectivity index (χ3v) is 2.05. The number of halogens is 8. The average Bonchev–Trinajstić information content (AvgIpc) is 2.25. The van der Waals surface area contributed by atoms with Gasteiger partial charge in [-0.2, -0.15) is 35.1 Å². The lowest BCUT2D eigenvalue weighted by Crippen LogP contribution is -2.34. The SMILES string of the molecule is O=C(O)c1cc(C(F)(F)C(F)(F)F)cc(C(F)(F)F)n1. The predicted molar refractivity (Wildman–Crippen MR) is 46.1 cm³/mol. The zero-order valence-electron chi connectivity index (χ0n) is 8.98. The van der Waals surface area contributed by atoms with E-state index in [0.29, 0.717) is 0 Å². The van der Waals surface area contributed by atoms with Crippen molar-refractivity contribution in [3.63, 3.8) is 0 Å². The van der Waals surface area contributed by atoms with Gasteiger partial charge in [-0.1, -0.05) is 0 Å². The molecule has 0 bridgehead atoms. The van der Waals surface area contributed by atoms with Gasteiger partial charge in [0.05, 0.1) is 0 Å². The normalized spacial score (nSPS) is 13.4. The van der Waals surface area contributed by atoms with E-state index in [1.807, 2.05) is 0 Å². The molecule has 3 nitrogen and oxygen atoms in total. The third-order valence-electron chi connectivity index (χ3n) is 2.05. The highest BCUT2D eigenvalue weighted by Crippen LogP contribution is 2.45. The molecule has 11 heteroatoms. The summed E-state index contributed by atoms with van der Waals surface area (Å²) >= 11 is 0. The fourth-order valence-corrected chi connectivity index (χ4v) is 1.13. The van der Waals surface area contributed by atoms with E-state index in [2.05, 4.69) is 4.98 Å². The van der Waals surface area contributed by atoms with Crippen LogP contribution in [0.15, 0.2) is 12.1 Å². The molecule has 0 aliphatic heterocycles. The summed E-state index contributed by atoms with van der Waals surface area (Å²) in [5.41, 5.74) is -5.88. The van der Waals surface area contributed by atoms with Gasteiger partial charge in [-0.05, 0) is 12.1 Å². The number of pyridine rings is 1. The Balaban J connectivity index is 3.56. The lowest BCUT2D eigenvalue weighted by atomic mass is 10.1. The number of rotatable bonds is 2. The molecule has 1 heterocycles. The summed E-state index contributed by atoms with van der Waals surface area (Å²) in [7, 11) is 0. The van der Waals surface area contributed by atoms with Crippen molar-refractivity contribution >= 4 is 5.97 Å². The standard InChI is InChI=1S/C9H3F8NO2/c10-7(11,9(15,16)17)3-1-4(6(19)20)18-5(2-3)8(12,13)14/h1-2H,(H,19,20). The van der Waals surface area contributed by atoms with Crippen LogP contribution >= 0.6 is 0 Å². The Morgan fingerprint density at radius 1 is 1.00 bits per heavy atom. The first-order valence-corrected chi connectivity index (χ1v) is 4.54. The number of aromatic nitrogens is 1. The van der Waals surface area contributed by atoms with Crippen molar-refractivity contribution in [1.29, 1.82) is 0 Å². The van der Waals surface area contributed by atoms with Crippen molar-refractivity contribution in [2.75, 3.05) is 0 Å². The van der Waals surface area contributed by atoms with Gasteiger partial charge in [0.15, 0.2) is 0 Å². The molecule has 0 aromatic carbocycles. The monoisotopic (exact) mass is 309 g/mol. The first-order chi connectivity index (χ1) is 8.76. The van der Waals surface area contributed by atoms with Crippen LogP contribution in [0.4, 0.5) is 35.1 Å². The van der Waals surface area contributed by atoms with Gasteiger partial charge in [0.1, 0.15) is 11.4 Å². The lowest BCUT2D eigenvalue weighted by Gasteiger charge is -2.21. The zero-order valence-corrected chi connectivity index (χ0v) is 8.98. The van der Waals surface area contributed by atoms with Crippen molar-refractivity contribution in [3.05, 3.63) is 29.1 Å². The topological polar surface area (TPSA) is 50.2 Å². The maximum atomic E-state index is 13.0. The third kappa shape index (κ3) is 2.96. The van der Waals surface area contributed by atoms with E-state index in [0.717, 1.165) is 0 Å². The van der Waals surface area contributed by atoms with Gasteiger partial charge in [-0.25, -0.2) is 9.78 Å². The highest BCUT2D eigenvalue weighted by molar-refractivity contribution is 5.85. The second-order valence-corrected chi connectivity index (χ2v) is 3.50. The fraction of sp³-hybridized carbons (Fsp3) is 0.333. The Kier molecular flexibility index (Phi) is 3.68. The van der Waals surface area contributed by atoms with Gasteiger partial charge in [0.2, 0.25) is 0 Å². The van der Waals surface area contributed by atoms with Crippen molar-refractivity contribution in [3.8, 4) is 0 Å². The minimum absolute atomic E-state index is 0.259. The van der Waals surface area contributed by atoms with Crippen LogP contribution in [0.3, 0.4) is 0 Å². The number of alkyl halides is 8. The summed E-state index contributed by atoms with van der Waals surface area (Å²) in [5.74, 6) is -7.81. The van der Waals surface area contributed by atoms with Gasteiger partial charge in [-0.15, -0.1) is 0 Å². The number of aromatic carboxylic acids is 1. The first-order valence-electron chi connectivity index (χ1n) is 4.54. The highest BCUT2D eigenvalue weighted by Gasteiger charge is 2.59. The number of nitrogens with zero attached hydrogens (tertiary/aromatic N) is 1. The minimum Gasteiger partial charge on any atom is -0.477 e. The molecule has 0 unspecified atom stereocenters. The maximum absolute atomic E-state index is 13.0. The number of carbonyl (C=O) groups is 1. The molecule has 1 rings (SSSR count). The van der Waals surface area contributed by atoms with Crippen LogP contribution in [0.2, 0.25) is 0 Å². The fourth-order valence-electron chi connectivity index (χ4n) is 1.13. The van der Waals surface area contributed by atoms with Crippen LogP contribution in [-0.2, 0) is 12.1 Å². The molecule has 1 N–H and O–H groups in total. The lowest BCUT2D eigenvalue weighted by molar-refractivity contribution is -0.289. The summed E-state index contributed by atoms with van der Waals surface area (Å²) in [6.45, 7) is 0. The van der Waals surface area contributed by atoms with E-state index in [1.165, 1.54) is 0 Å². The second kappa shape index (κ2) is 4.56. The average molecular weight is 309 g/mol. The zero-order chi connectivity index (χ0) is 15.9. The number of hydrogen-bond donors (Lipinski definition) is 1. The molecule has 0 atom stereocenters. The molecule has 112 valence electrons. The van der Waals surface area contributed by atoms with Gasteiger partial charge >= 0.3 is 24.2 Å². The summed E-state index contributed by atoms with van der Waals surface area (Å²) in [5, 5.41) is 8.41. The van der Waals surface area contributed by atoms with Gasteiger partial charge < -0.3 is 5.11 Å². The Morgan fingerprint density at radius 2 is 1.50 bits per heavy atom. The molecular formula is C9H3F8NO2. The van der Waals surface area contributed by atoms with Crippen molar-refractivity contribution in [1.82, 2.24) is 4.98 Å². The smallest absolute Gasteiger partial charge is 0.458 e. The summed E-state index contributed by atoms with van der Waals surface area (Å²) < 4.78 is 99.1. The molecule has 0 aliphatic rings. The molecule has 0 aliphatic carbocycles. The summed E-state index contributed by atoms with van der Waals surface area (Å²) in [4.78, 5) is 12.9. The number of carboxylic acids is 1. The highest BCUT2D eigenvalue weighted by atomic mass is 19.4. The quantitative estimate of drug-likeness (QED) is 0.851. The Labute approximate surface area is 104 Å². The molecule has 1 aromatic heterocycles. The van der Waals surface area contributed by atoms with Crippen molar-refractivity contribution in [2.45, 2.75) is 18.3 Å². The van der Waals surface area contributed by atoms with Crippen LogP contribution in [0.25, 0.3) is 0 Å². The van der Waals surface area contributed by atoms with E-state index in [4.69, 9.17) is 5.11 Å². The Bertz CT molecular complexity index is 534. The number of hydrogen-bond acceptors (Lipinski definition) is 2. The summed E-state index contributed by atoms with van der Waals surface area (Å²) in [6, 6.07) is -0.801. The van der Waals surface area contributed by atoms with Crippen LogP contribution < -0.4 is 0 Å². The van der Waals surface area contributed by atoms with Crippen molar-refractivity contribution < 1.29 is 45.0 Å². The molecule has 0 fully saturated rings. The van der Waals surface area contributed by atoms with Crippen LogP contribution in [0.5, 0.6) is 0 Å². The maximum Gasteiger partial charge on any atom is 0.458 e. The van der Waals surface area contributed by atoms with E-state index in [1.54, 1.807) is 0 Å². The molecule has 1 aromatic rings. The Hall–Kier alpha value is -1.94. The molecule has 0 saturated heterocycles. The first kappa shape index (κ1) is 16.1. The van der Waals surface area contributed by atoms with Crippen LogP contribution in [0.1, 0.15) is 21.7 Å². The molecule has 0 saturated carbocycles. The van der Waals surface area contributed by atoms with Crippen LogP contribution in [0, 0.1) is 0 Å². The summed E-state index contributed by atoms with van der Waals surface area (Å²) in [6.07, 6.45) is -11.5. The molecule has 0 amide bonds. The molecule has 0 radical (unpaired) electrons. The van der Waals surface area contributed by atoms with Gasteiger partial charge in [0.25, 0.3) is 0 Å².